The van der Waals surface area contributed by atoms with Gasteiger partial charge in [0.2, 0.25) is 0 Å². The van der Waals surface area contributed by atoms with Gasteiger partial charge in [0.15, 0.2) is 0 Å². The molecule has 124 valence electrons. The van der Waals surface area contributed by atoms with Gasteiger partial charge in [-0.25, -0.2) is 9.37 Å². The summed E-state index contributed by atoms with van der Waals surface area (Å²) in [6.45, 7) is 5.69. The Balaban J connectivity index is 1.88. The largest absolute Gasteiger partial charge is 0.342 e. The molecular weight excluding hydrogens is 305 g/mol. The first kappa shape index (κ1) is 16.2. The number of imidazole rings is 1. The van der Waals surface area contributed by atoms with Crippen LogP contribution in [0.15, 0.2) is 42.5 Å². The number of aromatic nitrogens is 2. The van der Waals surface area contributed by atoms with E-state index in [9.17, 15) is 9.18 Å². The molecule has 4 nitrogen and oxygen atoms in total. The summed E-state index contributed by atoms with van der Waals surface area (Å²) >= 11 is 0. The quantitative estimate of drug-likeness (QED) is 0.757. The average Bonchev–Trinajstić information content (AvgIpc) is 2.98. The maximum atomic E-state index is 13.4. The van der Waals surface area contributed by atoms with Gasteiger partial charge in [0, 0.05) is 5.56 Å². The molecule has 0 radical (unpaired) electrons. The number of rotatable bonds is 4. The van der Waals surface area contributed by atoms with Gasteiger partial charge >= 0.3 is 0 Å². The normalized spacial score (nSPS) is 12.5. The molecule has 5 heteroatoms. The van der Waals surface area contributed by atoms with E-state index in [2.05, 4.69) is 15.3 Å². The molecule has 3 rings (SSSR count). The van der Waals surface area contributed by atoms with Gasteiger partial charge < -0.3 is 10.3 Å². The second-order valence-electron chi connectivity index (χ2n) is 6.30. The van der Waals surface area contributed by atoms with E-state index in [4.69, 9.17) is 0 Å². The number of aryl methyl sites for hydroxylation is 1. The first-order valence-electron chi connectivity index (χ1n) is 7.97. The number of nitrogens with one attached hydrogen (secondary N) is 2. The van der Waals surface area contributed by atoms with E-state index in [0.29, 0.717) is 11.1 Å². The number of nitrogens with zero attached hydrogens (tertiary/aromatic N) is 1. The molecule has 0 bridgehead atoms. The zero-order valence-corrected chi connectivity index (χ0v) is 13.9. The summed E-state index contributed by atoms with van der Waals surface area (Å²) in [5.74, 6) is 0.316. The topological polar surface area (TPSA) is 57.8 Å². The maximum Gasteiger partial charge on any atom is 0.251 e. The molecule has 0 fully saturated rings. The van der Waals surface area contributed by atoms with E-state index in [1.165, 1.54) is 12.1 Å². The fourth-order valence-corrected chi connectivity index (χ4v) is 2.68. The van der Waals surface area contributed by atoms with Crippen LogP contribution in [0.5, 0.6) is 0 Å². The molecule has 3 aromatic rings. The summed E-state index contributed by atoms with van der Waals surface area (Å²) in [6, 6.07) is 11.9. The maximum absolute atomic E-state index is 13.4. The Morgan fingerprint density at radius 3 is 2.62 bits per heavy atom. The molecule has 2 N–H and O–H groups in total. The van der Waals surface area contributed by atoms with Gasteiger partial charge in [-0.3, -0.25) is 4.79 Å². The van der Waals surface area contributed by atoms with Crippen molar-refractivity contribution >= 4 is 16.9 Å². The second-order valence-corrected chi connectivity index (χ2v) is 6.30. The Kier molecular flexibility index (Phi) is 4.34. The van der Waals surface area contributed by atoms with Gasteiger partial charge in [-0.15, -0.1) is 0 Å². The number of carbonyl (C=O) groups excluding carboxylic acids is 1. The van der Waals surface area contributed by atoms with Crippen LogP contribution in [0.2, 0.25) is 0 Å². The predicted molar refractivity (Wildman–Crippen MR) is 92.3 cm³/mol. The molecule has 0 saturated heterocycles. The minimum absolute atomic E-state index is 0.149. The first-order valence-corrected chi connectivity index (χ1v) is 7.97. The third-order valence-corrected chi connectivity index (χ3v) is 4.08. The summed E-state index contributed by atoms with van der Waals surface area (Å²) in [7, 11) is 0. The summed E-state index contributed by atoms with van der Waals surface area (Å²) in [6.07, 6.45) is 0. The number of amides is 1. The molecule has 0 aliphatic carbocycles. The third kappa shape index (κ3) is 3.15. The molecule has 0 saturated carbocycles. The van der Waals surface area contributed by atoms with Gasteiger partial charge in [0.25, 0.3) is 5.91 Å². The van der Waals surface area contributed by atoms with E-state index in [0.717, 1.165) is 16.9 Å². The number of fused-ring (bicyclic) bond motifs is 1. The summed E-state index contributed by atoms with van der Waals surface area (Å²) in [4.78, 5) is 20.4. The van der Waals surface area contributed by atoms with Crippen molar-refractivity contribution in [3.05, 3.63) is 65.2 Å². The molecular formula is C19H20FN3O. The molecule has 0 aliphatic rings. The third-order valence-electron chi connectivity index (χ3n) is 4.08. The number of carbonyl (C=O) groups is 1. The predicted octanol–water partition coefficient (Wildman–Crippen LogP) is 4.14. The standard InChI is InChI=1S/C19H20FN3O/c1-11(2)17(18-21-15-6-4-5-7-16(15)22-18)23-19(24)13-8-9-14(20)12(3)10-13/h4-11,17H,1-3H3,(H,21,22)(H,23,24)/t17-/m0/s1. The molecule has 1 aromatic heterocycles. The highest BCUT2D eigenvalue weighted by Gasteiger charge is 2.22. The lowest BCUT2D eigenvalue weighted by molar-refractivity contribution is 0.0923. The van der Waals surface area contributed by atoms with Crippen molar-refractivity contribution in [3.63, 3.8) is 0 Å². The second kappa shape index (κ2) is 6.43. The van der Waals surface area contributed by atoms with Gasteiger partial charge in [-0.1, -0.05) is 26.0 Å². The van der Waals surface area contributed by atoms with Crippen molar-refractivity contribution in [3.8, 4) is 0 Å². The molecule has 1 amide bonds. The SMILES string of the molecule is Cc1cc(C(=O)N[C@H](c2nc3ccccc3[nH]2)C(C)C)ccc1F. The molecule has 0 unspecified atom stereocenters. The molecule has 24 heavy (non-hydrogen) atoms. The van der Waals surface area contributed by atoms with Crippen LogP contribution in [0.4, 0.5) is 4.39 Å². The highest BCUT2D eigenvalue weighted by atomic mass is 19.1. The summed E-state index contributed by atoms with van der Waals surface area (Å²) in [5, 5.41) is 3.00. The van der Waals surface area contributed by atoms with Crippen LogP contribution in [0, 0.1) is 18.7 Å². The van der Waals surface area contributed by atoms with E-state index in [1.807, 2.05) is 38.1 Å². The highest BCUT2D eigenvalue weighted by molar-refractivity contribution is 5.94. The Morgan fingerprint density at radius 2 is 1.96 bits per heavy atom. The van der Waals surface area contributed by atoms with Gasteiger partial charge in [-0.05, 0) is 48.7 Å². The first-order chi connectivity index (χ1) is 11.5. The zero-order valence-electron chi connectivity index (χ0n) is 13.9. The Bertz CT molecular complexity index is 852. The minimum Gasteiger partial charge on any atom is -0.342 e. The van der Waals surface area contributed by atoms with E-state index in [1.54, 1.807) is 13.0 Å². The number of H-pyrrole nitrogens is 1. The fraction of sp³-hybridized carbons (Fsp3) is 0.263. The lowest BCUT2D eigenvalue weighted by Gasteiger charge is -2.20. The lowest BCUT2D eigenvalue weighted by atomic mass is 10.0. The van der Waals surface area contributed by atoms with Crippen molar-refractivity contribution in [1.82, 2.24) is 15.3 Å². The zero-order chi connectivity index (χ0) is 17.3. The summed E-state index contributed by atoms with van der Waals surface area (Å²) in [5.41, 5.74) is 2.69. The van der Waals surface area contributed by atoms with Gasteiger partial charge in [0.1, 0.15) is 11.6 Å². The van der Waals surface area contributed by atoms with Crippen LogP contribution in [-0.2, 0) is 0 Å². The number of halogens is 1. The Labute approximate surface area is 140 Å². The van der Waals surface area contributed by atoms with Crippen molar-refractivity contribution < 1.29 is 9.18 Å². The molecule has 0 spiro atoms. The van der Waals surface area contributed by atoms with E-state index in [-0.39, 0.29) is 23.7 Å². The van der Waals surface area contributed by atoms with Gasteiger partial charge in [0.05, 0.1) is 17.1 Å². The van der Waals surface area contributed by atoms with Crippen LogP contribution >= 0.6 is 0 Å². The number of hydrogen-bond acceptors (Lipinski definition) is 2. The lowest BCUT2D eigenvalue weighted by Crippen LogP contribution is -2.32. The van der Waals surface area contributed by atoms with Crippen LogP contribution in [-0.4, -0.2) is 15.9 Å². The molecule has 2 aromatic carbocycles. The van der Waals surface area contributed by atoms with E-state index >= 15 is 0 Å². The van der Waals surface area contributed by atoms with Crippen molar-refractivity contribution in [2.24, 2.45) is 5.92 Å². The van der Waals surface area contributed by atoms with Crippen LogP contribution in [0.25, 0.3) is 11.0 Å². The summed E-state index contributed by atoms with van der Waals surface area (Å²) < 4.78 is 13.4. The molecule has 1 atom stereocenters. The number of para-hydroxylation sites is 2. The van der Waals surface area contributed by atoms with Crippen LogP contribution < -0.4 is 5.32 Å². The average molecular weight is 325 g/mol. The highest BCUT2D eigenvalue weighted by Crippen LogP contribution is 2.23. The number of benzene rings is 2. The van der Waals surface area contributed by atoms with Crippen molar-refractivity contribution in [2.45, 2.75) is 26.8 Å². The smallest absolute Gasteiger partial charge is 0.251 e. The minimum atomic E-state index is -0.316. The molecule has 1 heterocycles. The van der Waals surface area contributed by atoms with Crippen LogP contribution in [0.1, 0.15) is 41.6 Å². The van der Waals surface area contributed by atoms with E-state index < -0.39 is 0 Å². The number of aromatic amines is 1. The monoisotopic (exact) mass is 325 g/mol. The Morgan fingerprint density at radius 1 is 1.21 bits per heavy atom. The fourth-order valence-electron chi connectivity index (χ4n) is 2.68. The van der Waals surface area contributed by atoms with Gasteiger partial charge in [-0.2, -0.15) is 0 Å². The van der Waals surface area contributed by atoms with Crippen molar-refractivity contribution in [2.75, 3.05) is 0 Å². The number of hydrogen-bond donors (Lipinski definition) is 2. The molecule has 0 aliphatic heterocycles. The Hall–Kier alpha value is -2.69. The van der Waals surface area contributed by atoms with Crippen molar-refractivity contribution in [1.29, 1.82) is 0 Å². The van der Waals surface area contributed by atoms with Crippen LogP contribution in [0.3, 0.4) is 0 Å².